The topological polar surface area (TPSA) is 144 Å². The number of hydrogen-bond donors (Lipinski definition) is 6. The Kier molecular flexibility index (Phi) is 9.10. The van der Waals surface area contributed by atoms with Crippen LogP contribution in [0.15, 0.2) is 0 Å². The minimum absolute atomic E-state index is 2.03. The Balaban J connectivity index is -0.000000286. The molecule has 0 radical (unpaired) electrons. The number of rotatable bonds is 2. The van der Waals surface area contributed by atoms with Crippen LogP contribution in [0.5, 0.6) is 0 Å². The molecule has 0 rings (SSSR count). The van der Waals surface area contributed by atoms with Crippen molar-refractivity contribution in [2.45, 2.75) is 30.5 Å². The molecule has 0 aromatic carbocycles. The highest BCUT2D eigenvalue weighted by atomic mass is 19.4. The molecule has 7 N–H and O–H groups in total. The van der Waals surface area contributed by atoms with Gasteiger partial charge in [-0.1, -0.05) is 0 Å². The predicted molar refractivity (Wildman–Crippen MR) is 45.0 cm³/mol. The van der Waals surface area contributed by atoms with Crippen LogP contribution in [0, 0.1) is 0 Å². The van der Waals surface area contributed by atoms with Crippen LogP contribution in [0.4, 0.5) is 43.9 Å². The first-order valence-corrected chi connectivity index (χ1v) is 4.25. The fraction of sp³-hybridized carbons (Fsp3) is 0.833. The van der Waals surface area contributed by atoms with Gasteiger partial charge in [-0.15, -0.1) is 8.78 Å². The van der Waals surface area contributed by atoms with E-state index in [4.69, 9.17) is 25.5 Å². The van der Waals surface area contributed by atoms with E-state index >= 15 is 0 Å². The van der Waals surface area contributed by atoms with Crippen molar-refractivity contribution in [2.75, 3.05) is 0 Å². The molecule has 0 aromatic rings. The summed E-state index contributed by atoms with van der Waals surface area (Å²) in [6.45, 7) is 0. The molecule has 23 heavy (non-hydrogen) atoms. The summed E-state index contributed by atoms with van der Waals surface area (Å²) in [5, 5.41) is 35.4. The summed E-state index contributed by atoms with van der Waals surface area (Å²) in [7, 11) is 0. The fourth-order valence-electron chi connectivity index (χ4n) is 0.171. The first kappa shape index (κ1) is 26.5. The summed E-state index contributed by atoms with van der Waals surface area (Å²) in [5.74, 6) is -7.94. The summed E-state index contributed by atoms with van der Waals surface area (Å²) in [4.78, 5) is 9.24. The second kappa shape index (κ2) is 7.90. The third kappa shape index (κ3) is 13.9. The molecule has 7 nitrogen and oxygen atoms in total. The molecule has 1 amide bonds. The monoisotopic (exact) mass is 379 g/mol. The molecular weight excluding hydrogens is 372 g/mol. The van der Waals surface area contributed by atoms with Crippen LogP contribution in [0.3, 0.4) is 0 Å². The number of nitrogens with two attached hydrogens (primary N) is 1. The van der Waals surface area contributed by atoms with Gasteiger partial charge in [0.25, 0.3) is 0 Å². The molecule has 0 heterocycles. The summed E-state index contributed by atoms with van der Waals surface area (Å²) < 4.78 is 109. The average Bonchev–Trinajstić information content (AvgIpc) is 2.09. The van der Waals surface area contributed by atoms with Gasteiger partial charge in [0.1, 0.15) is 0 Å². The molecule has 0 spiro atoms. The smallest absolute Gasteiger partial charge is 0.362 e. The minimum Gasteiger partial charge on any atom is -0.362 e. The number of hydrogen-bond acceptors (Lipinski definition) is 6. The van der Waals surface area contributed by atoms with E-state index in [1.54, 1.807) is 0 Å². The molecule has 1 atom stereocenters. The molecule has 0 bridgehead atoms. The number of alkyl halides is 10. The largest absolute Gasteiger partial charge is 0.480 e. The maximum atomic E-state index is 11.5. The Morgan fingerprint density at radius 1 is 0.696 bits per heavy atom. The molecule has 0 aromatic heterocycles. The van der Waals surface area contributed by atoms with Crippen molar-refractivity contribution in [3.63, 3.8) is 0 Å². The van der Waals surface area contributed by atoms with Crippen LogP contribution in [0.1, 0.15) is 0 Å². The second-order valence-corrected chi connectivity index (χ2v) is 3.08. The van der Waals surface area contributed by atoms with E-state index in [9.17, 15) is 48.7 Å². The van der Waals surface area contributed by atoms with E-state index in [-0.39, 0.29) is 0 Å². The first-order chi connectivity index (χ1) is 9.44. The van der Waals surface area contributed by atoms with Gasteiger partial charge < -0.3 is 31.3 Å². The van der Waals surface area contributed by atoms with Crippen molar-refractivity contribution in [3.05, 3.63) is 0 Å². The number of amides is 1. The van der Waals surface area contributed by atoms with Gasteiger partial charge >= 0.3 is 36.5 Å². The zero-order valence-electron chi connectivity index (χ0n) is 10.0. The molecule has 142 valence electrons. The predicted octanol–water partition coefficient (Wildman–Crippen LogP) is -0.630. The van der Waals surface area contributed by atoms with E-state index in [1.165, 1.54) is 0 Å². The highest BCUT2D eigenvalue weighted by Gasteiger charge is 2.71. The third-order valence-corrected chi connectivity index (χ3v) is 1.07. The quantitative estimate of drug-likeness (QED) is 0.279. The lowest BCUT2D eigenvalue weighted by molar-refractivity contribution is -0.438. The van der Waals surface area contributed by atoms with Crippen LogP contribution in [0.2, 0.25) is 0 Å². The van der Waals surface area contributed by atoms with Gasteiger partial charge in [0.15, 0.2) is 0 Å². The van der Waals surface area contributed by atoms with Crippen molar-refractivity contribution in [1.29, 1.82) is 0 Å². The zero-order chi connectivity index (χ0) is 20.1. The molecule has 17 heteroatoms. The molecule has 0 fully saturated rings. The lowest BCUT2D eigenvalue weighted by atomic mass is 10.3. The van der Waals surface area contributed by atoms with Crippen molar-refractivity contribution >= 4 is 5.91 Å². The van der Waals surface area contributed by atoms with Crippen LogP contribution in [-0.4, -0.2) is 62.0 Å². The molecule has 1 unspecified atom stereocenters. The zero-order valence-corrected chi connectivity index (χ0v) is 10.0. The average molecular weight is 379 g/mol. The van der Waals surface area contributed by atoms with Crippen LogP contribution in [-0.2, 0) is 4.79 Å². The molecular formula is C6H7F10NO6. The summed E-state index contributed by atoms with van der Waals surface area (Å²) >= 11 is 0. The maximum absolute atomic E-state index is 11.5. The molecule has 0 saturated carbocycles. The summed E-state index contributed by atoms with van der Waals surface area (Å²) in [6.07, 6.45) is -20.9. The normalized spacial score (nSPS) is 15.4. The highest BCUT2D eigenvalue weighted by molar-refractivity contribution is 5.79. The second-order valence-electron chi connectivity index (χ2n) is 3.08. The van der Waals surface area contributed by atoms with Crippen LogP contribution >= 0.6 is 0 Å². The summed E-state index contributed by atoms with van der Waals surface area (Å²) in [6, 6.07) is 0. The Labute approximate surface area is 118 Å². The van der Waals surface area contributed by atoms with Gasteiger partial charge in [-0.05, 0) is 0 Å². The van der Waals surface area contributed by atoms with Crippen molar-refractivity contribution in [3.8, 4) is 0 Å². The van der Waals surface area contributed by atoms with E-state index in [2.05, 4.69) is 5.73 Å². The van der Waals surface area contributed by atoms with Gasteiger partial charge in [-0.2, -0.15) is 35.1 Å². The van der Waals surface area contributed by atoms with Crippen molar-refractivity contribution in [1.82, 2.24) is 0 Å². The standard InChI is InChI=1S/C3H2F6O2.C2H3F2NO2.CH2F2O2/c4-1(10,2(5,6)7)3(8,9)11;3-2(4,7)1(5)6;2-1(3,4)5/h10-11H;7H,(H2,5,6);4-5H. The third-order valence-electron chi connectivity index (χ3n) is 1.07. The van der Waals surface area contributed by atoms with E-state index in [0.29, 0.717) is 0 Å². The number of primary amides is 1. The van der Waals surface area contributed by atoms with Crippen molar-refractivity contribution < 1.29 is 74.2 Å². The van der Waals surface area contributed by atoms with Crippen LogP contribution in [0.25, 0.3) is 0 Å². The molecule has 0 aliphatic rings. The Morgan fingerprint density at radius 2 is 0.870 bits per heavy atom. The minimum atomic E-state index is -6.23. The molecule has 0 aliphatic heterocycles. The number of carbonyl (C=O) groups is 1. The molecule has 0 saturated heterocycles. The highest BCUT2D eigenvalue weighted by Crippen LogP contribution is 2.41. The van der Waals surface area contributed by atoms with Gasteiger partial charge in [0.05, 0.1) is 0 Å². The number of aliphatic hydroxyl groups is 5. The summed E-state index contributed by atoms with van der Waals surface area (Å²) in [5.41, 5.74) is 3.93. The lowest BCUT2D eigenvalue weighted by Gasteiger charge is -2.25. The SMILES string of the molecule is NC(=O)C(O)(F)F.OC(F)(F)C(O)(F)C(F)(F)F.OC(O)(F)F. The van der Waals surface area contributed by atoms with Crippen LogP contribution < -0.4 is 5.73 Å². The maximum Gasteiger partial charge on any atom is 0.480 e. The number of halogens is 10. The van der Waals surface area contributed by atoms with E-state index < -0.39 is 36.5 Å². The van der Waals surface area contributed by atoms with E-state index in [1.807, 2.05) is 0 Å². The first-order valence-electron chi connectivity index (χ1n) is 4.25. The lowest BCUT2D eigenvalue weighted by Crippen LogP contribution is -2.55. The van der Waals surface area contributed by atoms with Gasteiger partial charge in [-0.25, -0.2) is 0 Å². The number of carbonyl (C=O) groups excluding carboxylic acids is 1. The fourth-order valence-corrected chi connectivity index (χ4v) is 0.171. The van der Waals surface area contributed by atoms with Gasteiger partial charge in [0, 0.05) is 0 Å². The Bertz CT molecular complexity index is 344. The van der Waals surface area contributed by atoms with Crippen molar-refractivity contribution in [2.24, 2.45) is 5.73 Å². The molecule has 0 aliphatic carbocycles. The van der Waals surface area contributed by atoms with E-state index in [0.717, 1.165) is 0 Å². The Hall–Kier alpha value is -1.43. The van der Waals surface area contributed by atoms with Gasteiger partial charge in [-0.3, -0.25) is 4.79 Å². The van der Waals surface area contributed by atoms with Gasteiger partial charge in [0.2, 0.25) is 0 Å². The Morgan fingerprint density at radius 3 is 0.870 bits per heavy atom.